The number of benzene rings is 1. The lowest BCUT2D eigenvalue weighted by atomic mass is 10.0. The zero-order chi connectivity index (χ0) is 21.4. The number of hydrogen-bond acceptors (Lipinski definition) is 6. The average molecular weight is 407 g/mol. The summed E-state index contributed by atoms with van der Waals surface area (Å²) in [6, 6.07) is 7.04. The van der Waals surface area contributed by atoms with Gasteiger partial charge >= 0.3 is 0 Å². The fourth-order valence-electron chi connectivity index (χ4n) is 4.02. The summed E-state index contributed by atoms with van der Waals surface area (Å²) >= 11 is 0. The Balaban J connectivity index is 1.75. The van der Waals surface area contributed by atoms with Crippen molar-refractivity contribution in [1.29, 1.82) is 0 Å². The van der Waals surface area contributed by atoms with Gasteiger partial charge in [0.1, 0.15) is 17.3 Å². The van der Waals surface area contributed by atoms with E-state index in [4.69, 9.17) is 16.6 Å². The lowest BCUT2D eigenvalue weighted by Gasteiger charge is -2.35. The number of nitrogens with zero attached hydrogens (tertiary/aromatic N) is 4. The maximum absolute atomic E-state index is 11.7. The number of likely N-dealkylation sites (tertiary alicyclic amines) is 1. The van der Waals surface area contributed by atoms with Gasteiger partial charge in [-0.15, -0.1) is 0 Å². The third-order valence-electron chi connectivity index (χ3n) is 5.50. The maximum Gasteiger partial charge on any atom is 0.219 e. The molecule has 0 atom stereocenters. The third-order valence-corrected chi connectivity index (χ3v) is 5.50. The summed E-state index contributed by atoms with van der Waals surface area (Å²) in [5.41, 5.74) is 14.8. The zero-order valence-electron chi connectivity index (χ0n) is 16.8. The molecule has 4 rings (SSSR count). The number of phenolic OH excluding ortho intramolecular Hbond substituents is 1. The van der Waals surface area contributed by atoms with Gasteiger partial charge in [-0.05, 0) is 37.1 Å². The minimum atomic E-state index is 0.0552. The Hall–Kier alpha value is -3.75. The van der Waals surface area contributed by atoms with E-state index in [1.54, 1.807) is 25.1 Å². The molecular formula is C21H25N7O2. The summed E-state index contributed by atoms with van der Waals surface area (Å²) in [5, 5.41) is 17.3. The topological polar surface area (TPSA) is 136 Å². The molecule has 30 heavy (non-hydrogen) atoms. The number of amides is 1. The second-order valence-corrected chi connectivity index (χ2v) is 7.45. The molecule has 0 radical (unpaired) electrons. The van der Waals surface area contributed by atoms with E-state index in [1.165, 1.54) is 6.20 Å². The molecule has 1 saturated heterocycles. The highest BCUT2D eigenvalue weighted by Crippen LogP contribution is 2.30. The standard InChI is InChI=1S/C21H25N7O2/c1-3-24-21-18(20(22)23)19(17-11-13-10-15(30)4-5-16(13)25-17)26-28(21)14-6-8-27(9-7-14)12(2)29/h3-5,10-11,14,25,30H,1,6-9,22-23H2,2H3/b24-21+. The fourth-order valence-corrected chi connectivity index (χ4v) is 4.02. The molecule has 0 spiro atoms. The van der Waals surface area contributed by atoms with Crippen molar-refractivity contribution >= 4 is 28.4 Å². The lowest BCUT2D eigenvalue weighted by molar-refractivity contribution is -0.130. The first-order chi connectivity index (χ1) is 14.4. The van der Waals surface area contributed by atoms with E-state index in [9.17, 15) is 9.90 Å². The van der Waals surface area contributed by atoms with Crippen molar-refractivity contribution in [1.82, 2.24) is 14.9 Å². The molecule has 1 aromatic heterocycles. The zero-order valence-corrected chi connectivity index (χ0v) is 16.8. The number of carbonyl (C=O) groups excluding carboxylic acids is 1. The van der Waals surface area contributed by atoms with Crippen LogP contribution in [0.4, 0.5) is 0 Å². The molecule has 6 N–H and O–H groups in total. The van der Waals surface area contributed by atoms with Crippen LogP contribution in [0.3, 0.4) is 0 Å². The van der Waals surface area contributed by atoms with Gasteiger partial charge in [-0.3, -0.25) is 4.79 Å². The number of aromatic nitrogens is 1. The van der Waals surface area contributed by atoms with Gasteiger partial charge in [-0.1, -0.05) is 6.58 Å². The normalized spacial score (nSPS) is 18.9. The number of rotatable bonds is 3. The monoisotopic (exact) mass is 407 g/mol. The Labute approximate surface area is 174 Å². The fraction of sp³-hybridized carbons (Fsp3) is 0.286. The highest BCUT2D eigenvalue weighted by Gasteiger charge is 2.37. The van der Waals surface area contributed by atoms with Crippen molar-refractivity contribution in [3.05, 3.63) is 54.1 Å². The van der Waals surface area contributed by atoms with Crippen LogP contribution in [0.25, 0.3) is 10.9 Å². The number of nitrogens with one attached hydrogen (secondary N) is 1. The number of amidine groups is 1. The number of piperidine rings is 1. The number of aromatic hydroxyl groups is 1. The van der Waals surface area contributed by atoms with Crippen molar-refractivity contribution in [2.45, 2.75) is 25.8 Å². The van der Waals surface area contributed by atoms with Crippen LogP contribution in [-0.2, 0) is 4.79 Å². The van der Waals surface area contributed by atoms with Crippen molar-refractivity contribution < 1.29 is 9.90 Å². The van der Waals surface area contributed by atoms with Gasteiger partial charge in [0.15, 0.2) is 5.84 Å². The van der Waals surface area contributed by atoms with Gasteiger partial charge in [0.05, 0.1) is 17.3 Å². The van der Waals surface area contributed by atoms with Gasteiger partial charge in [0.25, 0.3) is 0 Å². The van der Waals surface area contributed by atoms with E-state index in [0.717, 1.165) is 29.4 Å². The van der Waals surface area contributed by atoms with Crippen molar-refractivity contribution in [2.75, 3.05) is 13.1 Å². The van der Waals surface area contributed by atoms with E-state index in [2.05, 4.69) is 16.6 Å². The number of hydrogen-bond donors (Lipinski definition) is 4. The molecule has 1 amide bonds. The Kier molecular flexibility index (Phi) is 4.94. The smallest absolute Gasteiger partial charge is 0.219 e. The van der Waals surface area contributed by atoms with Gasteiger partial charge in [0, 0.05) is 37.1 Å². The van der Waals surface area contributed by atoms with E-state index in [1.807, 2.05) is 16.0 Å². The van der Waals surface area contributed by atoms with Crippen LogP contribution >= 0.6 is 0 Å². The number of hydrazone groups is 1. The molecule has 0 unspecified atom stereocenters. The Morgan fingerprint density at radius 3 is 2.70 bits per heavy atom. The van der Waals surface area contributed by atoms with Crippen LogP contribution in [0.5, 0.6) is 5.75 Å². The molecule has 2 aromatic rings. The third kappa shape index (κ3) is 3.38. The van der Waals surface area contributed by atoms with Crippen LogP contribution in [0.15, 0.2) is 58.5 Å². The summed E-state index contributed by atoms with van der Waals surface area (Å²) in [7, 11) is 0. The SMILES string of the molecule is C=C/N=C1\C(=C(N)N)C(c2cc3cc(O)ccc3[nH]2)=NN1C1CCN(C(C)=O)CC1. The van der Waals surface area contributed by atoms with E-state index < -0.39 is 0 Å². The van der Waals surface area contributed by atoms with Gasteiger partial charge in [-0.2, -0.15) is 5.10 Å². The van der Waals surface area contributed by atoms with Crippen LogP contribution in [-0.4, -0.2) is 56.6 Å². The van der Waals surface area contributed by atoms with Crippen molar-refractivity contribution in [3.8, 4) is 5.75 Å². The Bertz CT molecular complexity index is 1100. The number of nitrogens with two attached hydrogens (primary N) is 2. The molecule has 1 fully saturated rings. The molecule has 9 heteroatoms. The molecule has 3 heterocycles. The number of carbonyl (C=O) groups is 1. The molecular weight excluding hydrogens is 382 g/mol. The highest BCUT2D eigenvalue weighted by atomic mass is 16.3. The number of aliphatic imine (C=N–C) groups is 1. The highest BCUT2D eigenvalue weighted by molar-refractivity contribution is 6.32. The first-order valence-electron chi connectivity index (χ1n) is 9.79. The van der Waals surface area contributed by atoms with E-state index >= 15 is 0 Å². The van der Waals surface area contributed by atoms with Gasteiger partial charge in [0.2, 0.25) is 5.91 Å². The number of H-pyrrole nitrogens is 1. The molecule has 2 aliphatic rings. The summed E-state index contributed by atoms with van der Waals surface area (Å²) in [5.74, 6) is 0.915. The number of phenols is 1. The van der Waals surface area contributed by atoms with Crippen molar-refractivity contribution in [3.63, 3.8) is 0 Å². The minimum absolute atomic E-state index is 0.0552. The summed E-state index contributed by atoms with van der Waals surface area (Å²) < 4.78 is 0. The molecule has 0 bridgehead atoms. The molecule has 1 aromatic carbocycles. The molecule has 156 valence electrons. The van der Waals surface area contributed by atoms with Crippen molar-refractivity contribution in [2.24, 2.45) is 21.6 Å². The van der Waals surface area contributed by atoms with Gasteiger partial charge in [-0.25, -0.2) is 10.0 Å². The van der Waals surface area contributed by atoms with Crippen LogP contribution in [0.2, 0.25) is 0 Å². The predicted octanol–water partition coefficient (Wildman–Crippen LogP) is 1.58. The average Bonchev–Trinajstić information content (AvgIpc) is 3.29. The van der Waals surface area contributed by atoms with Gasteiger partial charge < -0.3 is 26.5 Å². The second kappa shape index (κ2) is 7.58. The summed E-state index contributed by atoms with van der Waals surface area (Å²) in [4.78, 5) is 21.2. The quantitative estimate of drug-likeness (QED) is 0.612. The Morgan fingerprint density at radius 1 is 1.33 bits per heavy atom. The summed E-state index contributed by atoms with van der Waals surface area (Å²) in [6.45, 7) is 6.62. The number of aromatic amines is 1. The minimum Gasteiger partial charge on any atom is -0.508 e. The molecule has 0 aliphatic carbocycles. The predicted molar refractivity (Wildman–Crippen MR) is 117 cm³/mol. The van der Waals surface area contributed by atoms with Crippen LogP contribution < -0.4 is 11.5 Å². The first-order valence-corrected chi connectivity index (χ1v) is 9.79. The first kappa shape index (κ1) is 19.6. The molecule has 2 aliphatic heterocycles. The van der Waals surface area contributed by atoms with E-state index in [0.29, 0.717) is 30.2 Å². The second-order valence-electron chi connectivity index (χ2n) is 7.45. The lowest BCUT2D eigenvalue weighted by Crippen LogP contribution is -2.45. The maximum atomic E-state index is 11.7. The van der Waals surface area contributed by atoms with E-state index in [-0.39, 0.29) is 23.5 Å². The molecule has 0 saturated carbocycles. The molecule has 9 nitrogen and oxygen atoms in total. The van der Waals surface area contributed by atoms with Crippen LogP contribution in [0, 0.1) is 0 Å². The Morgan fingerprint density at radius 2 is 2.07 bits per heavy atom. The number of fused-ring (bicyclic) bond motifs is 1. The summed E-state index contributed by atoms with van der Waals surface area (Å²) in [6.07, 6.45) is 2.95. The van der Waals surface area contributed by atoms with Crippen LogP contribution in [0.1, 0.15) is 25.5 Å². The largest absolute Gasteiger partial charge is 0.508 e.